The third-order valence-corrected chi connectivity index (χ3v) is 11.1. The van der Waals surface area contributed by atoms with E-state index in [1.807, 2.05) is 30.3 Å². The quantitative estimate of drug-likeness (QED) is 0.128. The molecule has 0 saturated carbocycles. The van der Waals surface area contributed by atoms with E-state index in [2.05, 4.69) is 0 Å². The van der Waals surface area contributed by atoms with Gasteiger partial charge in [0.25, 0.3) is 11.8 Å². The smallest absolute Gasteiger partial charge is 0.308 e. The Hall–Kier alpha value is -7.36. The van der Waals surface area contributed by atoms with E-state index in [-0.39, 0.29) is 56.4 Å². The first kappa shape index (κ1) is 42.0. The molecule has 4 nitrogen and oxygen atoms in total. The van der Waals surface area contributed by atoms with Crippen molar-refractivity contribution in [3.8, 4) is 39.1 Å². The zero-order chi connectivity index (χ0) is 45.7. The number of fused-ring (bicyclic) bond motifs is 4. The molecule has 8 aromatic rings. The number of carbonyl (C=O) groups excluding carboxylic acids is 2. The van der Waals surface area contributed by atoms with Gasteiger partial charge in [0.2, 0.25) is 0 Å². The molecular weight excluding hydrogens is 865 g/mol. The number of carbonyl (C=O) groups is 2. The number of amides is 2. The third-order valence-electron chi connectivity index (χ3n) is 11.1. The highest BCUT2D eigenvalue weighted by Crippen LogP contribution is 2.50. The molecule has 2 heterocycles. The molecule has 0 atom stereocenters. The van der Waals surface area contributed by atoms with E-state index in [0.717, 1.165) is 28.2 Å². The molecule has 0 fully saturated rings. The maximum Gasteiger partial charge on any atom is 0.417 e. The van der Waals surface area contributed by atoms with Crippen LogP contribution in [0.3, 0.4) is 0 Å². The molecule has 64 heavy (non-hydrogen) atoms. The normalized spacial score (nSPS) is 13.7. The number of alkyl halides is 12. The SMILES string of the molecule is O=C1c2cccc(-n3c4cccc(-c5ccc(C(F)(F)F)cc5C(F)(F)F)c4c4c(-c5ccc(C(F)(F)F)cc5C(F)(F)F)cccc43)c2C(=O)N1c1ccc(-c2ccccc2)cc1. The first-order chi connectivity index (χ1) is 30.1. The zero-order valence-electron chi connectivity index (χ0n) is 32.1. The van der Waals surface area contributed by atoms with Gasteiger partial charge < -0.3 is 4.57 Å². The molecule has 0 bridgehead atoms. The molecule has 7 aromatic carbocycles. The van der Waals surface area contributed by atoms with Gasteiger partial charge in [-0.3, -0.25) is 9.59 Å². The molecular formula is C48H24F12N2O2. The van der Waals surface area contributed by atoms with Crippen molar-refractivity contribution in [2.75, 3.05) is 4.90 Å². The molecule has 0 unspecified atom stereocenters. The van der Waals surface area contributed by atoms with E-state index >= 15 is 0 Å². The molecule has 0 N–H and O–H groups in total. The lowest BCUT2D eigenvalue weighted by Crippen LogP contribution is -2.29. The fraction of sp³-hybridized carbons (Fsp3) is 0.0833. The molecule has 1 aromatic heterocycles. The van der Waals surface area contributed by atoms with Crippen LogP contribution in [0.2, 0.25) is 0 Å². The summed E-state index contributed by atoms with van der Waals surface area (Å²) in [7, 11) is 0. The van der Waals surface area contributed by atoms with Crippen LogP contribution >= 0.6 is 0 Å². The Morgan fingerprint density at radius 1 is 0.375 bits per heavy atom. The van der Waals surface area contributed by atoms with Gasteiger partial charge in [-0.05, 0) is 94.0 Å². The molecule has 0 radical (unpaired) electrons. The molecule has 0 spiro atoms. The molecule has 1 aliphatic rings. The molecule has 9 rings (SSSR count). The summed E-state index contributed by atoms with van der Waals surface area (Å²) in [5.74, 6) is -1.59. The van der Waals surface area contributed by atoms with Crippen LogP contribution in [0.1, 0.15) is 43.0 Å². The maximum absolute atomic E-state index is 14.8. The van der Waals surface area contributed by atoms with Crippen LogP contribution < -0.4 is 4.90 Å². The summed E-state index contributed by atoms with van der Waals surface area (Å²) < 4.78 is 173. The second-order valence-electron chi connectivity index (χ2n) is 14.8. The van der Waals surface area contributed by atoms with Gasteiger partial charge in [-0.25, -0.2) is 4.90 Å². The van der Waals surface area contributed by atoms with Crippen LogP contribution in [0, 0.1) is 0 Å². The molecule has 0 saturated heterocycles. The lowest BCUT2D eigenvalue weighted by molar-refractivity contribution is -0.144. The zero-order valence-corrected chi connectivity index (χ0v) is 32.1. The fourth-order valence-corrected chi connectivity index (χ4v) is 8.32. The maximum atomic E-state index is 14.8. The Balaban J connectivity index is 1.34. The van der Waals surface area contributed by atoms with Gasteiger partial charge in [0.05, 0.1) is 55.8 Å². The standard InChI is InChI=1S/C48H24F12N2O2/c49-45(50,51)27-17-21-30(35(23-27)47(55,56)57)32-9-4-12-37-40(32)41-33(31-22-18-28(46(52,53)54)24-36(31)48(58,59)60)10-5-13-38(41)62(37)39-14-6-11-34-42(39)44(64)61(43(34)63)29-19-15-26(16-20-29)25-7-2-1-3-8-25/h1-24H. The molecule has 322 valence electrons. The van der Waals surface area contributed by atoms with Crippen molar-refractivity contribution in [1.29, 1.82) is 0 Å². The molecule has 1 aliphatic heterocycles. The van der Waals surface area contributed by atoms with Crippen LogP contribution in [0.5, 0.6) is 0 Å². The second-order valence-corrected chi connectivity index (χ2v) is 14.8. The van der Waals surface area contributed by atoms with Gasteiger partial charge in [-0.1, -0.05) is 84.9 Å². The van der Waals surface area contributed by atoms with Crippen LogP contribution in [0.15, 0.2) is 146 Å². The number of anilines is 1. The first-order valence-electron chi connectivity index (χ1n) is 19.0. The van der Waals surface area contributed by atoms with Crippen molar-refractivity contribution in [3.63, 3.8) is 0 Å². The van der Waals surface area contributed by atoms with Crippen molar-refractivity contribution < 1.29 is 62.3 Å². The first-order valence-corrected chi connectivity index (χ1v) is 19.0. The van der Waals surface area contributed by atoms with E-state index in [1.54, 1.807) is 24.3 Å². The van der Waals surface area contributed by atoms with Crippen LogP contribution in [0.25, 0.3) is 60.9 Å². The molecule has 2 amide bonds. The number of hydrogen-bond acceptors (Lipinski definition) is 2. The minimum atomic E-state index is -5.41. The highest BCUT2D eigenvalue weighted by atomic mass is 19.4. The Labute approximate surface area is 353 Å². The highest BCUT2D eigenvalue weighted by molar-refractivity contribution is 6.36. The minimum absolute atomic E-state index is 0.0551. The topological polar surface area (TPSA) is 42.3 Å². The van der Waals surface area contributed by atoms with Gasteiger partial charge in [0.15, 0.2) is 0 Å². The van der Waals surface area contributed by atoms with Crippen molar-refractivity contribution >= 4 is 39.3 Å². The van der Waals surface area contributed by atoms with Crippen molar-refractivity contribution in [1.82, 2.24) is 4.57 Å². The number of benzene rings is 7. The lowest BCUT2D eigenvalue weighted by Gasteiger charge is -2.18. The van der Waals surface area contributed by atoms with E-state index in [9.17, 15) is 62.3 Å². The van der Waals surface area contributed by atoms with Gasteiger partial charge in [-0.15, -0.1) is 0 Å². The van der Waals surface area contributed by atoms with E-state index < -0.39 is 81.0 Å². The summed E-state index contributed by atoms with van der Waals surface area (Å²) in [5.41, 5.74) is -7.93. The van der Waals surface area contributed by atoms with Gasteiger partial charge in [0, 0.05) is 10.8 Å². The van der Waals surface area contributed by atoms with Gasteiger partial charge >= 0.3 is 24.7 Å². The average Bonchev–Trinajstić information content (AvgIpc) is 3.73. The number of rotatable bonds is 5. The third kappa shape index (κ3) is 6.93. The number of halogens is 12. The number of aromatic nitrogens is 1. The fourth-order valence-electron chi connectivity index (χ4n) is 8.32. The van der Waals surface area contributed by atoms with Gasteiger partial charge in [-0.2, -0.15) is 52.7 Å². The van der Waals surface area contributed by atoms with Crippen LogP contribution in [0.4, 0.5) is 58.4 Å². The second kappa shape index (κ2) is 14.6. The monoisotopic (exact) mass is 888 g/mol. The highest BCUT2D eigenvalue weighted by Gasteiger charge is 2.42. The number of hydrogen-bond donors (Lipinski definition) is 0. The molecule has 0 aliphatic carbocycles. The predicted octanol–water partition coefficient (Wildman–Crippen LogP) is 14.7. The summed E-state index contributed by atoms with van der Waals surface area (Å²) in [6.45, 7) is 0. The van der Waals surface area contributed by atoms with Crippen molar-refractivity contribution in [2.24, 2.45) is 0 Å². The van der Waals surface area contributed by atoms with E-state index in [1.165, 1.54) is 47.0 Å². The number of imide groups is 1. The van der Waals surface area contributed by atoms with E-state index in [0.29, 0.717) is 24.3 Å². The minimum Gasteiger partial charge on any atom is -0.308 e. The van der Waals surface area contributed by atoms with Crippen molar-refractivity contribution in [3.05, 3.63) is 179 Å². The van der Waals surface area contributed by atoms with Gasteiger partial charge in [0.1, 0.15) is 0 Å². The summed E-state index contributed by atoms with van der Waals surface area (Å²) in [4.78, 5) is 29.5. The Morgan fingerprint density at radius 2 is 0.828 bits per heavy atom. The Bertz CT molecular complexity index is 3070. The summed E-state index contributed by atoms with van der Waals surface area (Å²) in [5, 5.41) is -0.511. The average molecular weight is 889 g/mol. The predicted molar refractivity (Wildman–Crippen MR) is 215 cm³/mol. The lowest BCUT2D eigenvalue weighted by atomic mass is 9.90. The van der Waals surface area contributed by atoms with E-state index in [4.69, 9.17) is 0 Å². The molecule has 16 heteroatoms. The van der Waals surface area contributed by atoms with Crippen LogP contribution in [-0.4, -0.2) is 16.4 Å². The summed E-state index contributed by atoms with van der Waals surface area (Å²) in [6.07, 6.45) is -21.2. The largest absolute Gasteiger partial charge is 0.417 e. The summed E-state index contributed by atoms with van der Waals surface area (Å²) >= 11 is 0. The number of nitrogens with zero attached hydrogens (tertiary/aromatic N) is 2. The van der Waals surface area contributed by atoms with Crippen LogP contribution in [-0.2, 0) is 24.7 Å². The summed E-state index contributed by atoms with van der Waals surface area (Å²) in [6, 6.07) is 29.0. The Morgan fingerprint density at radius 3 is 1.30 bits per heavy atom. The van der Waals surface area contributed by atoms with Crippen molar-refractivity contribution in [2.45, 2.75) is 24.7 Å². The Kier molecular flexibility index (Phi) is 9.58.